The summed E-state index contributed by atoms with van der Waals surface area (Å²) in [5.41, 5.74) is 7.27. The normalized spacial score (nSPS) is 21.1. The van der Waals surface area contributed by atoms with Crippen molar-refractivity contribution in [3.63, 3.8) is 0 Å². The quantitative estimate of drug-likeness (QED) is 0.315. The molecule has 0 unspecified atom stereocenters. The van der Waals surface area contributed by atoms with E-state index in [4.69, 9.17) is 19.6 Å². The van der Waals surface area contributed by atoms with Crippen LogP contribution in [-0.4, -0.2) is 47.6 Å². The average Bonchev–Trinajstić information content (AvgIpc) is 3.21. The number of benzene rings is 1. The Morgan fingerprint density at radius 3 is 2.72 bits per heavy atom. The number of likely N-dealkylation sites (tertiary alicyclic amines) is 1. The zero-order valence-corrected chi connectivity index (χ0v) is 22.9. The molecule has 1 amide bonds. The van der Waals surface area contributed by atoms with E-state index in [1.54, 1.807) is 32.1 Å². The molecule has 1 atom stereocenters. The van der Waals surface area contributed by atoms with E-state index in [1.165, 1.54) is 6.07 Å². The summed E-state index contributed by atoms with van der Waals surface area (Å²) in [6, 6.07) is 6.77. The molecule has 0 spiro atoms. The van der Waals surface area contributed by atoms with Crippen molar-refractivity contribution in [3.8, 4) is 5.75 Å². The molecule has 9 heteroatoms. The first-order valence-corrected chi connectivity index (χ1v) is 13.3. The maximum atomic E-state index is 13.0. The van der Waals surface area contributed by atoms with Crippen LogP contribution >= 0.6 is 0 Å². The Morgan fingerprint density at radius 1 is 1.26 bits per heavy atom. The highest BCUT2D eigenvalue weighted by molar-refractivity contribution is 5.88. The van der Waals surface area contributed by atoms with E-state index >= 15 is 0 Å². The third-order valence-corrected chi connectivity index (χ3v) is 8.12. The van der Waals surface area contributed by atoms with Crippen LogP contribution in [-0.2, 0) is 20.7 Å². The zero-order valence-electron chi connectivity index (χ0n) is 22.9. The van der Waals surface area contributed by atoms with Crippen molar-refractivity contribution in [2.24, 2.45) is 5.73 Å². The fraction of sp³-hybridized carbons (Fsp3) is 0.433. The van der Waals surface area contributed by atoms with E-state index in [9.17, 15) is 14.4 Å². The number of amides is 1. The number of ether oxygens (including phenoxy) is 2. The van der Waals surface area contributed by atoms with Crippen molar-refractivity contribution >= 4 is 22.8 Å². The lowest BCUT2D eigenvalue weighted by atomic mass is 9.75. The first kappa shape index (κ1) is 26.6. The Hall–Kier alpha value is -4.01. The second kappa shape index (κ2) is 9.94. The molecule has 0 bridgehead atoms. The lowest BCUT2D eigenvalue weighted by molar-refractivity contribution is -0.174. The molecule has 2 aromatic rings. The molecule has 206 valence electrons. The van der Waals surface area contributed by atoms with Gasteiger partial charge >= 0.3 is 11.6 Å². The van der Waals surface area contributed by atoms with Gasteiger partial charge in [0.2, 0.25) is 5.91 Å². The topological polar surface area (TPSA) is 124 Å². The number of fused-ring (bicyclic) bond motifs is 2. The van der Waals surface area contributed by atoms with Crippen molar-refractivity contribution < 1.29 is 23.5 Å². The summed E-state index contributed by atoms with van der Waals surface area (Å²) >= 11 is 0. The van der Waals surface area contributed by atoms with E-state index in [-0.39, 0.29) is 12.3 Å². The van der Waals surface area contributed by atoms with Crippen LogP contribution in [0, 0.1) is 0 Å². The number of carbonyl (C=O) groups is 2. The van der Waals surface area contributed by atoms with Crippen LogP contribution in [0.3, 0.4) is 0 Å². The van der Waals surface area contributed by atoms with Crippen molar-refractivity contribution in [2.45, 2.75) is 64.6 Å². The van der Waals surface area contributed by atoms with Crippen molar-refractivity contribution in [1.82, 2.24) is 10.2 Å². The second-order valence-electron chi connectivity index (χ2n) is 11.1. The van der Waals surface area contributed by atoms with Gasteiger partial charge in [-0.2, -0.15) is 0 Å². The third-order valence-electron chi connectivity index (χ3n) is 8.12. The Kier molecular flexibility index (Phi) is 6.78. The predicted octanol–water partition coefficient (Wildman–Crippen LogP) is 3.47. The molecule has 3 N–H and O–H groups in total. The van der Waals surface area contributed by atoms with Gasteiger partial charge in [-0.15, -0.1) is 0 Å². The number of rotatable bonds is 7. The minimum Gasteiger partial charge on any atom is -0.482 e. The van der Waals surface area contributed by atoms with Gasteiger partial charge in [0, 0.05) is 55.6 Å². The highest BCUT2D eigenvalue weighted by Crippen LogP contribution is 2.48. The van der Waals surface area contributed by atoms with Crippen LogP contribution in [0.4, 0.5) is 0 Å². The Morgan fingerprint density at radius 2 is 2.03 bits per heavy atom. The van der Waals surface area contributed by atoms with Crippen LogP contribution in [0.1, 0.15) is 52.5 Å². The summed E-state index contributed by atoms with van der Waals surface area (Å²) in [6.45, 7) is 9.21. The summed E-state index contributed by atoms with van der Waals surface area (Å²) in [7, 11) is 0. The number of nitrogens with zero attached hydrogens (tertiary/aromatic N) is 1. The number of dihydropyridines is 1. The fourth-order valence-corrected chi connectivity index (χ4v) is 5.28. The van der Waals surface area contributed by atoms with Crippen LogP contribution < -0.4 is 21.4 Å². The van der Waals surface area contributed by atoms with Gasteiger partial charge < -0.3 is 29.8 Å². The lowest BCUT2D eigenvalue weighted by Gasteiger charge is -2.43. The summed E-state index contributed by atoms with van der Waals surface area (Å²) < 4.78 is 18.2. The molecule has 1 fully saturated rings. The van der Waals surface area contributed by atoms with Crippen LogP contribution in [0.15, 0.2) is 68.2 Å². The Balaban J connectivity index is 1.57. The maximum Gasteiger partial charge on any atom is 0.336 e. The zero-order chi connectivity index (χ0) is 27.9. The number of hydrogen-bond acceptors (Lipinski definition) is 8. The van der Waals surface area contributed by atoms with E-state index < -0.39 is 22.8 Å². The number of esters is 1. The molecule has 3 aliphatic heterocycles. The van der Waals surface area contributed by atoms with E-state index in [1.807, 2.05) is 30.9 Å². The molecule has 1 saturated heterocycles. The van der Waals surface area contributed by atoms with Gasteiger partial charge in [-0.25, -0.2) is 9.59 Å². The van der Waals surface area contributed by atoms with E-state index in [0.29, 0.717) is 42.1 Å². The number of allylic oxidation sites excluding steroid dienone is 2. The molecule has 1 aromatic heterocycles. The largest absolute Gasteiger partial charge is 0.482 e. The van der Waals surface area contributed by atoms with E-state index in [2.05, 4.69) is 5.32 Å². The average molecular weight is 534 g/mol. The SMILES string of the molecule is C/C=C(\C)C(=O)OC(C)(C)[C@]1(CC2=C(CC(=O)N3CCC3)CNC(N)=C2)Cc2cc3ccc(=O)oc3cc2O1. The number of nitrogens with one attached hydrogen (secondary N) is 1. The van der Waals surface area contributed by atoms with Gasteiger partial charge in [-0.05, 0) is 69.0 Å². The standard InChI is InChI=1S/C30H35N3O6/c1-5-18(2)28(36)39-29(3,4)30(16-21-11-19-7-8-27(35)37-23(19)14-24(21)38-30)15-20-12-25(31)32-17-22(20)13-26(34)33-9-6-10-33/h5,7-8,11-12,14,32H,6,9-10,13,15-17,31H2,1-4H3/b18-5+/t30-/m0/s1. The van der Waals surface area contributed by atoms with Crippen LogP contribution in [0.2, 0.25) is 0 Å². The van der Waals surface area contributed by atoms with Crippen molar-refractivity contribution in [3.05, 3.63) is 74.9 Å². The third kappa shape index (κ3) is 5.05. The fourth-order valence-electron chi connectivity index (χ4n) is 5.28. The van der Waals surface area contributed by atoms with Gasteiger partial charge in [-0.3, -0.25) is 4.79 Å². The smallest absolute Gasteiger partial charge is 0.336 e. The highest BCUT2D eigenvalue weighted by Gasteiger charge is 2.54. The minimum atomic E-state index is -1.09. The molecule has 1 aromatic carbocycles. The number of nitrogens with two attached hydrogens (primary N) is 1. The first-order valence-electron chi connectivity index (χ1n) is 13.3. The van der Waals surface area contributed by atoms with Crippen molar-refractivity contribution in [1.29, 1.82) is 0 Å². The number of carbonyl (C=O) groups excluding carboxylic acids is 2. The summed E-state index contributed by atoms with van der Waals surface area (Å²) in [6.07, 6.45) is 5.65. The summed E-state index contributed by atoms with van der Waals surface area (Å²) in [4.78, 5) is 39.6. The van der Waals surface area contributed by atoms with Gasteiger partial charge in [-0.1, -0.05) is 6.08 Å². The summed E-state index contributed by atoms with van der Waals surface area (Å²) in [5.74, 6) is 0.723. The molecule has 39 heavy (non-hydrogen) atoms. The molecule has 0 aliphatic carbocycles. The molecule has 3 aliphatic rings. The molecule has 5 rings (SSSR count). The van der Waals surface area contributed by atoms with Gasteiger partial charge in [0.25, 0.3) is 0 Å². The van der Waals surface area contributed by atoms with Gasteiger partial charge in [0.1, 0.15) is 16.9 Å². The highest BCUT2D eigenvalue weighted by atomic mass is 16.6. The monoisotopic (exact) mass is 533 g/mol. The minimum absolute atomic E-state index is 0.0878. The molecule has 9 nitrogen and oxygen atoms in total. The molecule has 0 radical (unpaired) electrons. The predicted molar refractivity (Wildman–Crippen MR) is 147 cm³/mol. The van der Waals surface area contributed by atoms with E-state index in [0.717, 1.165) is 41.6 Å². The van der Waals surface area contributed by atoms with Gasteiger partial charge in [0.15, 0.2) is 5.60 Å². The van der Waals surface area contributed by atoms with Crippen molar-refractivity contribution in [2.75, 3.05) is 19.6 Å². The van der Waals surface area contributed by atoms with Gasteiger partial charge in [0.05, 0.1) is 12.2 Å². The molecular formula is C30H35N3O6. The molecule has 0 saturated carbocycles. The Labute approximate surface area is 227 Å². The second-order valence-corrected chi connectivity index (χ2v) is 11.1. The summed E-state index contributed by atoms with van der Waals surface area (Å²) in [5, 5.41) is 3.93. The molecule has 4 heterocycles. The lowest BCUT2D eigenvalue weighted by Crippen LogP contribution is -2.56. The molecular weight excluding hydrogens is 498 g/mol. The number of hydrogen-bond donors (Lipinski definition) is 2. The maximum absolute atomic E-state index is 13.0. The Bertz CT molecular complexity index is 1490. The van der Waals surface area contributed by atoms with Crippen LogP contribution in [0.5, 0.6) is 5.75 Å². The first-order chi connectivity index (χ1) is 18.5. The van der Waals surface area contributed by atoms with Crippen LogP contribution in [0.25, 0.3) is 11.0 Å².